The van der Waals surface area contributed by atoms with Crippen molar-refractivity contribution in [3.8, 4) is 5.75 Å². The number of aromatic hydroxyl groups is 1. The molecule has 0 aromatic heterocycles. The average molecular weight is 249 g/mol. The molecule has 0 radical (unpaired) electrons. The van der Waals surface area contributed by atoms with Gasteiger partial charge < -0.3 is 15.2 Å². The number of phenolic OH excluding ortho intramolecular Hbond substituents is 1. The summed E-state index contributed by atoms with van der Waals surface area (Å²) >= 11 is 0. The van der Waals surface area contributed by atoms with Crippen LogP contribution >= 0.6 is 0 Å². The molecule has 5 heteroatoms. The van der Waals surface area contributed by atoms with Crippen molar-refractivity contribution >= 4 is 11.9 Å². The van der Waals surface area contributed by atoms with E-state index < -0.39 is 5.54 Å². The second kappa shape index (κ2) is 4.68. The summed E-state index contributed by atoms with van der Waals surface area (Å²) in [6.45, 7) is 2.03. The van der Waals surface area contributed by atoms with E-state index in [4.69, 9.17) is 9.84 Å². The molecule has 1 fully saturated rings. The van der Waals surface area contributed by atoms with E-state index in [1.54, 1.807) is 6.92 Å². The number of amides is 1. The van der Waals surface area contributed by atoms with Gasteiger partial charge in [-0.2, -0.15) is 0 Å². The van der Waals surface area contributed by atoms with Crippen molar-refractivity contribution in [1.82, 2.24) is 5.32 Å². The summed E-state index contributed by atoms with van der Waals surface area (Å²) < 4.78 is 4.93. The van der Waals surface area contributed by atoms with Crippen LogP contribution in [0.1, 0.15) is 30.1 Å². The fraction of sp³-hybridized carbons (Fsp3) is 0.385. The Balaban J connectivity index is 2.03. The summed E-state index contributed by atoms with van der Waals surface area (Å²) in [6, 6.07) is 5.87. The Bertz CT molecular complexity index is 462. The summed E-state index contributed by atoms with van der Waals surface area (Å²) in [7, 11) is 0. The second-order valence-electron chi connectivity index (χ2n) is 4.30. The minimum atomic E-state index is -0.842. The van der Waals surface area contributed by atoms with E-state index >= 15 is 0 Å². The van der Waals surface area contributed by atoms with Gasteiger partial charge in [0, 0.05) is 5.56 Å². The first-order valence-electron chi connectivity index (χ1n) is 5.86. The molecule has 0 atom stereocenters. The molecular weight excluding hydrogens is 234 g/mol. The molecule has 0 saturated heterocycles. The molecule has 2 rings (SSSR count). The summed E-state index contributed by atoms with van der Waals surface area (Å²) in [5, 5.41) is 11.8. The smallest absolute Gasteiger partial charge is 0.331 e. The maximum absolute atomic E-state index is 11.9. The van der Waals surface area contributed by atoms with E-state index in [9.17, 15) is 9.59 Å². The predicted molar refractivity (Wildman–Crippen MR) is 64.2 cm³/mol. The Kier molecular flexibility index (Phi) is 3.23. The first-order chi connectivity index (χ1) is 8.57. The third kappa shape index (κ3) is 2.45. The molecular formula is C13H15NO4. The third-order valence-electron chi connectivity index (χ3n) is 2.90. The molecule has 1 saturated carbocycles. The average Bonchev–Trinajstić information content (AvgIpc) is 3.11. The highest BCUT2D eigenvalue weighted by Gasteiger charge is 2.52. The Labute approximate surface area is 105 Å². The topological polar surface area (TPSA) is 75.6 Å². The number of ether oxygens (including phenoxy) is 1. The second-order valence-corrected chi connectivity index (χ2v) is 4.30. The molecule has 1 aliphatic carbocycles. The van der Waals surface area contributed by atoms with Gasteiger partial charge in [0.15, 0.2) is 0 Å². The van der Waals surface area contributed by atoms with Crippen LogP contribution in [0.15, 0.2) is 24.3 Å². The van der Waals surface area contributed by atoms with Gasteiger partial charge in [-0.05, 0) is 44.0 Å². The first-order valence-corrected chi connectivity index (χ1v) is 5.86. The third-order valence-corrected chi connectivity index (χ3v) is 2.90. The van der Waals surface area contributed by atoms with Gasteiger partial charge in [0.05, 0.1) is 6.61 Å². The predicted octanol–water partition coefficient (Wildman–Crippen LogP) is 1.22. The van der Waals surface area contributed by atoms with Crippen LogP contribution in [0.3, 0.4) is 0 Å². The summed E-state index contributed by atoms with van der Waals surface area (Å²) in [5.74, 6) is -0.615. The van der Waals surface area contributed by atoms with Gasteiger partial charge in [-0.25, -0.2) is 4.79 Å². The van der Waals surface area contributed by atoms with Gasteiger partial charge in [-0.3, -0.25) is 4.79 Å². The molecule has 0 bridgehead atoms. The number of carbonyl (C=O) groups is 2. The number of hydrogen-bond acceptors (Lipinski definition) is 4. The van der Waals surface area contributed by atoms with Crippen LogP contribution in [0.25, 0.3) is 0 Å². The van der Waals surface area contributed by atoms with Crippen molar-refractivity contribution in [2.24, 2.45) is 0 Å². The van der Waals surface area contributed by atoms with E-state index in [0.717, 1.165) is 0 Å². The summed E-state index contributed by atoms with van der Waals surface area (Å²) in [6.07, 6.45) is 1.21. The van der Waals surface area contributed by atoms with Crippen LogP contribution in [0.4, 0.5) is 0 Å². The summed E-state index contributed by atoms with van der Waals surface area (Å²) in [4.78, 5) is 23.6. The highest BCUT2D eigenvalue weighted by molar-refractivity contribution is 5.99. The van der Waals surface area contributed by atoms with Crippen LogP contribution in [0.5, 0.6) is 5.75 Å². The van der Waals surface area contributed by atoms with Crippen molar-refractivity contribution in [2.75, 3.05) is 6.61 Å². The zero-order chi connectivity index (χ0) is 13.2. The number of hydrogen-bond donors (Lipinski definition) is 2. The van der Waals surface area contributed by atoms with Gasteiger partial charge >= 0.3 is 5.97 Å². The zero-order valence-electron chi connectivity index (χ0n) is 10.1. The summed E-state index contributed by atoms with van der Waals surface area (Å²) in [5.41, 5.74) is -0.436. The monoisotopic (exact) mass is 249 g/mol. The van der Waals surface area contributed by atoms with Crippen molar-refractivity contribution in [1.29, 1.82) is 0 Å². The van der Waals surface area contributed by atoms with Crippen molar-refractivity contribution in [2.45, 2.75) is 25.3 Å². The Morgan fingerprint density at radius 3 is 2.44 bits per heavy atom. The molecule has 5 nitrogen and oxygen atoms in total. The largest absolute Gasteiger partial charge is 0.508 e. The normalized spacial score (nSPS) is 15.8. The minimum Gasteiger partial charge on any atom is -0.508 e. The quantitative estimate of drug-likeness (QED) is 0.787. The van der Waals surface area contributed by atoms with Crippen molar-refractivity contribution in [3.63, 3.8) is 0 Å². The lowest BCUT2D eigenvalue weighted by Gasteiger charge is -2.15. The molecule has 2 N–H and O–H groups in total. The van der Waals surface area contributed by atoms with Crippen LogP contribution < -0.4 is 5.32 Å². The lowest BCUT2D eigenvalue weighted by molar-refractivity contribution is -0.146. The van der Waals surface area contributed by atoms with Crippen molar-refractivity contribution < 1.29 is 19.4 Å². The van der Waals surface area contributed by atoms with E-state index in [1.165, 1.54) is 24.3 Å². The minimum absolute atomic E-state index is 0.0954. The fourth-order valence-electron chi connectivity index (χ4n) is 1.68. The molecule has 1 aromatic rings. The zero-order valence-corrected chi connectivity index (χ0v) is 10.1. The Morgan fingerprint density at radius 2 is 1.94 bits per heavy atom. The van der Waals surface area contributed by atoms with Gasteiger partial charge in [-0.15, -0.1) is 0 Å². The Morgan fingerprint density at radius 1 is 1.33 bits per heavy atom. The number of benzene rings is 1. The molecule has 96 valence electrons. The highest BCUT2D eigenvalue weighted by Crippen LogP contribution is 2.37. The van der Waals surface area contributed by atoms with E-state index in [1.807, 2.05) is 0 Å². The fourth-order valence-corrected chi connectivity index (χ4v) is 1.68. The number of nitrogens with one attached hydrogen (secondary N) is 1. The van der Waals surface area contributed by atoms with Gasteiger partial charge in [0.25, 0.3) is 5.91 Å². The van der Waals surface area contributed by atoms with Gasteiger partial charge in [-0.1, -0.05) is 0 Å². The Hall–Kier alpha value is -2.04. The number of esters is 1. The molecule has 0 heterocycles. The number of phenols is 1. The molecule has 0 spiro atoms. The highest BCUT2D eigenvalue weighted by atomic mass is 16.5. The van der Waals surface area contributed by atoms with Crippen LogP contribution in [-0.4, -0.2) is 29.1 Å². The number of carbonyl (C=O) groups excluding carboxylic acids is 2. The lowest BCUT2D eigenvalue weighted by Crippen LogP contribution is -2.44. The van der Waals surface area contributed by atoms with E-state index in [0.29, 0.717) is 25.0 Å². The van der Waals surface area contributed by atoms with E-state index in [-0.39, 0.29) is 17.6 Å². The maximum Gasteiger partial charge on any atom is 0.331 e. The van der Waals surface area contributed by atoms with Crippen molar-refractivity contribution in [3.05, 3.63) is 29.8 Å². The standard InChI is InChI=1S/C13H15NO4/c1-2-18-12(17)13(7-8-13)14-11(16)9-3-5-10(15)6-4-9/h3-6,15H,2,7-8H2,1H3,(H,14,16). The maximum atomic E-state index is 11.9. The van der Waals surface area contributed by atoms with Crippen LogP contribution in [0, 0.1) is 0 Å². The van der Waals surface area contributed by atoms with Crippen LogP contribution in [-0.2, 0) is 9.53 Å². The first kappa shape index (κ1) is 12.4. The molecule has 1 aromatic carbocycles. The molecule has 0 aliphatic heterocycles. The van der Waals surface area contributed by atoms with Gasteiger partial charge in [0.1, 0.15) is 11.3 Å². The molecule has 18 heavy (non-hydrogen) atoms. The van der Waals surface area contributed by atoms with E-state index in [2.05, 4.69) is 5.32 Å². The van der Waals surface area contributed by atoms with Gasteiger partial charge in [0.2, 0.25) is 0 Å². The SMILES string of the molecule is CCOC(=O)C1(NC(=O)c2ccc(O)cc2)CC1. The molecule has 1 amide bonds. The lowest BCUT2D eigenvalue weighted by atomic mass is 10.2. The molecule has 0 unspecified atom stereocenters. The molecule has 1 aliphatic rings. The van der Waals surface area contributed by atoms with Crippen LogP contribution in [0.2, 0.25) is 0 Å². The number of rotatable bonds is 4.